The van der Waals surface area contributed by atoms with Crippen LogP contribution in [0.4, 0.5) is 0 Å². The third-order valence-electron chi connectivity index (χ3n) is 5.38. The van der Waals surface area contributed by atoms with Gasteiger partial charge in [-0.2, -0.15) is 5.01 Å². The third-order valence-corrected chi connectivity index (χ3v) is 5.38. The summed E-state index contributed by atoms with van der Waals surface area (Å²) < 4.78 is 15.9. The van der Waals surface area contributed by atoms with Crippen LogP contribution in [0.2, 0.25) is 0 Å². The Morgan fingerprint density at radius 1 is 1.31 bits per heavy atom. The van der Waals surface area contributed by atoms with Gasteiger partial charge in [0.15, 0.2) is 6.10 Å². The molecule has 0 spiro atoms. The number of guanidine groups is 1. The zero-order valence-corrected chi connectivity index (χ0v) is 20.1. The number of amides is 1. The number of nitroso groups, excluding NO2 is 1. The van der Waals surface area contributed by atoms with Gasteiger partial charge in [0.05, 0.1) is 11.3 Å². The number of carbonyl (C=O) groups excluding carboxylic acids is 2. The number of nitrogens with one attached hydrogen (secondary N) is 2. The number of nitrogens with two attached hydrogens (primary N) is 1. The monoisotopic (exact) mass is 501 g/mol. The van der Waals surface area contributed by atoms with Gasteiger partial charge in [-0.1, -0.05) is 32.6 Å². The number of methoxy groups -OCH3 is 1. The molecule has 1 rings (SSSR count). The van der Waals surface area contributed by atoms with E-state index in [1.807, 2.05) is 0 Å². The molecule has 0 fully saturated rings. The van der Waals surface area contributed by atoms with E-state index in [0.29, 0.717) is 11.4 Å². The summed E-state index contributed by atoms with van der Waals surface area (Å²) in [7, 11) is 1.20. The standard InChI is InChI=1S/C21H35N5O9/c1-4-5-6-7-8-9-16(29)34-11-14(28)18(33-3)19-17(24-12(2)27)13(26(25-32)21(22)23)10-15(35-19)20(30)31/h10,13-14,17-19,28H,4-9,11H2,1-3H3,(H3,22,23)(H,24,27)(H,30,31)/t13-,14+,17+,18+,19+/m0/s1. The second-order valence-electron chi connectivity index (χ2n) is 8.06. The fourth-order valence-corrected chi connectivity index (χ4v) is 3.72. The van der Waals surface area contributed by atoms with Crippen molar-refractivity contribution in [3.8, 4) is 0 Å². The van der Waals surface area contributed by atoms with Crippen LogP contribution < -0.4 is 11.1 Å². The largest absolute Gasteiger partial charge is 0.478 e. The minimum Gasteiger partial charge on any atom is -0.478 e. The van der Waals surface area contributed by atoms with Crippen molar-refractivity contribution in [2.24, 2.45) is 11.0 Å². The van der Waals surface area contributed by atoms with Crippen molar-refractivity contribution in [1.29, 1.82) is 5.41 Å². The molecule has 0 aromatic carbocycles. The molecule has 5 atom stereocenters. The summed E-state index contributed by atoms with van der Waals surface area (Å²) in [6, 6.07) is -2.58. The SMILES string of the molecule is CCCCCCCC(=O)OC[C@@H](O)[C@@H](OC)[C@@H]1OC(C(=O)O)=C[C@H](N(N=O)C(=N)N)[C@H]1NC(C)=O. The Bertz CT molecular complexity index is 791. The zero-order chi connectivity index (χ0) is 26.5. The molecule has 0 unspecified atom stereocenters. The average molecular weight is 502 g/mol. The molecule has 1 aliphatic rings. The highest BCUT2D eigenvalue weighted by Gasteiger charge is 2.47. The molecular formula is C21H35N5O9. The number of hydrogen-bond acceptors (Lipinski definition) is 10. The zero-order valence-electron chi connectivity index (χ0n) is 20.1. The Labute approximate surface area is 203 Å². The van der Waals surface area contributed by atoms with Crippen molar-refractivity contribution >= 4 is 23.8 Å². The molecule has 0 aromatic rings. The number of ether oxygens (including phenoxy) is 3. The maximum atomic E-state index is 12.0. The molecule has 14 heteroatoms. The molecule has 0 saturated heterocycles. The summed E-state index contributed by atoms with van der Waals surface area (Å²) in [5.74, 6) is -4.09. The van der Waals surface area contributed by atoms with Crippen LogP contribution in [-0.4, -0.2) is 83.1 Å². The maximum absolute atomic E-state index is 12.0. The highest BCUT2D eigenvalue weighted by atomic mass is 16.6. The molecular weight excluding hydrogens is 466 g/mol. The van der Waals surface area contributed by atoms with Crippen LogP contribution in [0.3, 0.4) is 0 Å². The highest BCUT2D eigenvalue weighted by molar-refractivity contribution is 5.85. The number of unbranched alkanes of at least 4 members (excludes halogenated alkanes) is 4. The molecule has 6 N–H and O–H groups in total. The lowest BCUT2D eigenvalue weighted by atomic mass is 9.91. The first-order valence-electron chi connectivity index (χ1n) is 11.3. The van der Waals surface area contributed by atoms with Gasteiger partial charge in [0.2, 0.25) is 17.6 Å². The minimum absolute atomic E-state index is 0.176. The molecule has 1 amide bonds. The molecule has 1 heterocycles. The Morgan fingerprint density at radius 2 is 1.97 bits per heavy atom. The predicted octanol–water partition coefficient (Wildman–Crippen LogP) is 0.383. The summed E-state index contributed by atoms with van der Waals surface area (Å²) in [5, 5.41) is 33.4. The normalized spacial score (nSPS) is 21.0. The van der Waals surface area contributed by atoms with Gasteiger partial charge in [-0.25, -0.2) is 4.79 Å². The molecule has 198 valence electrons. The molecule has 0 aromatic heterocycles. The number of aliphatic hydroxyl groups is 1. The smallest absolute Gasteiger partial charge is 0.370 e. The second kappa shape index (κ2) is 14.9. The van der Waals surface area contributed by atoms with E-state index in [4.69, 9.17) is 25.4 Å². The van der Waals surface area contributed by atoms with Crippen LogP contribution in [0.15, 0.2) is 17.1 Å². The van der Waals surface area contributed by atoms with Crippen molar-refractivity contribution in [2.45, 2.75) is 82.8 Å². The maximum Gasteiger partial charge on any atom is 0.370 e. The van der Waals surface area contributed by atoms with E-state index in [9.17, 15) is 29.5 Å². The van der Waals surface area contributed by atoms with Gasteiger partial charge in [-0.3, -0.25) is 15.0 Å². The third kappa shape index (κ3) is 9.13. The van der Waals surface area contributed by atoms with Crippen molar-refractivity contribution in [1.82, 2.24) is 10.3 Å². The lowest BCUT2D eigenvalue weighted by Gasteiger charge is -2.42. The second-order valence-corrected chi connectivity index (χ2v) is 8.06. The first-order chi connectivity index (χ1) is 16.6. The van der Waals surface area contributed by atoms with E-state index in [1.165, 1.54) is 7.11 Å². The Kier molecular flexibility index (Phi) is 12.7. The molecule has 1 aliphatic heterocycles. The molecule has 35 heavy (non-hydrogen) atoms. The van der Waals surface area contributed by atoms with Crippen molar-refractivity contribution in [3.63, 3.8) is 0 Å². The molecule has 0 saturated carbocycles. The first kappa shape index (κ1) is 29.8. The summed E-state index contributed by atoms with van der Waals surface area (Å²) in [6.07, 6.45) is 1.61. The van der Waals surface area contributed by atoms with Gasteiger partial charge in [0.1, 0.15) is 24.9 Å². The molecule has 14 nitrogen and oxygen atoms in total. The van der Waals surface area contributed by atoms with Crippen LogP contribution in [0, 0.1) is 10.3 Å². The molecule has 0 radical (unpaired) electrons. The fraction of sp³-hybridized carbons (Fsp3) is 0.714. The van der Waals surface area contributed by atoms with E-state index < -0.39 is 66.6 Å². The molecule has 0 bridgehead atoms. The number of aliphatic carboxylic acids is 1. The van der Waals surface area contributed by atoms with Crippen LogP contribution in [-0.2, 0) is 28.6 Å². The fourth-order valence-electron chi connectivity index (χ4n) is 3.72. The van der Waals surface area contributed by atoms with Crippen molar-refractivity contribution in [2.75, 3.05) is 13.7 Å². The Balaban J connectivity index is 3.07. The van der Waals surface area contributed by atoms with Gasteiger partial charge in [-0.05, 0) is 12.5 Å². The van der Waals surface area contributed by atoms with Crippen LogP contribution in [0.25, 0.3) is 0 Å². The van der Waals surface area contributed by atoms with E-state index in [-0.39, 0.29) is 6.42 Å². The number of esters is 1. The number of hydrogen-bond donors (Lipinski definition) is 5. The summed E-state index contributed by atoms with van der Waals surface area (Å²) in [4.78, 5) is 46.9. The summed E-state index contributed by atoms with van der Waals surface area (Å²) in [5.41, 5.74) is 5.40. The van der Waals surface area contributed by atoms with E-state index >= 15 is 0 Å². The van der Waals surface area contributed by atoms with Gasteiger partial charge < -0.3 is 35.5 Å². The van der Waals surface area contributed by atoms with Gasteiger partial charge in [0, 0.05) is 20.5 Å². The Hall–Kier alpha value is -3.26. The number of rotatable bonds is 15. The number of carboxylic acid groups (broad SMARTS) is 1. The summed E-state index contributed by atoms with van der Waals surface area (Å²) >= 11 is 0. The number of nitrogens with zero attached hydrogens (tertiary/aromatic N) is 2. The van der Waals surface area contributed by atoms with Crippen LogP contribution >= 0.6 is 0 Å². The summed E-state index contributed by atoms with van der Waals surface area (Å²) in [6.45, 7) is 2.76. The van der Waals surface area contributed by atoms with Gasteiger partial charge in [-0.15, -0.1) is 4.91 Å². The van der Waals surface area contributed by atoms with E-state index in [0.717, 1.165) is 38.7 Å². The van der Waals surface area contributed by atoms with E-state index in [2.05, 4.69) is 17.5 Å². The van der Waals surface area contributed by atoms with Crippen molar-refractivity contribution < 1.29 is 38.8 Å². The predicted molar refractivity (Wildman–Crippen MR) is 123 cm³/mol. The van der Waals surface area contributed by atoms with Gasteiger partial charge in [0.25, 0.3) is 0 Å². The van der Waals surface area contributed by atoms with Crippen LogP contribution in [0.1, 0.15) is 52.4 Å². The quantitative estimate of drug-likeness (QED) is 0.0516. The lowest BCUT2D eigenvalue weighted by Crippen LogP contribution is -2.64. The topological polar surface area (TPSA) is 214 Å². The first-order valence-corrected chi connectivity index (χ1v) is 11.3. The van der Waals surface area contributed by atoms with Crippen LogP contribution in [0.5, 0.6) is 0 Å². The number of carbonyl (C=O) groups is 3. The Morgan fingerprint density at radius 3 is 2.49 bits per heavy atom. The van der Waals surface area contributed by atoms with Gasteiger partial charge >= 0.3 is 11.9 Å². The number of carboxylic acids is 1. The number of aliphatic hydroxyl groups excluding tert-OH is 1. The molecule has 0 aliphatic carbocycles. The minimum atomic E-state index is -1.52. The average Bonchev–Trinajstić information content (AvgIpc) is 2.79. The highest BCUT2D eigenvalue weighted by Crippen LogP contribution is 2.27. The van der Waals surface area contributed by atoms with E-state index in [1.54, 1.807) is 0 Å². The van der Waals surface area contributed by atoms with Crippen molar-refractivity contribution in [3.05, 3.63) is 16.7 Å². The lowest BCUT2D eigenvalue weighted by molar-refractivity contribution is -0.160.